The van der Waals surface area contributed by atoms with Gasteiger partial charge in [-0.05, 0) is 29.7 Å². The lowest BCUT2D eigenvalue weighted by Crippen LogP contribution is -2.49. The second-order valence-electron chi connectivity index (χ2n) is 9.67. The van der Waals surface area contributed by atoms with E-state index in [-0.39, 0.29) is 5.91 Å². The van der Waals surface area contributed by atoms with Crippen molar-refractivity contribution in [3.8, 4) is 11.3 Å². The Morgan fingerprint density at radius 2 is 1.69 bits per heavy atom. The van der Waals surface area contributed by atoms with Crippen molar-refractivity contribution in [2.45, 2.75) is 58.8 Å². The van der Waals surface area contributed by atoms with Crippen molar-refractivity contribution in [1.82, 2.24) is 20.0 Å². The van der Waals surface area contributed by atoms with E-state index in [9.17, 15) is 4.79 Å². The average Bonchev–Trinajstić information content (AvgIpc) is 3.35. The summed E-state index contributed by atoms with van der Waals surface area (Å²) in [4.78, 5) is 26.7. The Balaban J connectivity index is 1.47. The maximum absolute atomic E-state index is 12.7. The van der Waals surface area contributed by atoms with Gasteiger partial charge < -0.3 is 14.3 Å². The van der Waals surface area contributed by atoms with Crippen LogP contribution in [0.2, 0.25) is 0 Å². The largest absolute Gasteiger partial charge is 0.352 e. The van der Waals surface area contributed by atoms with Crippen LogP contribution in [0.25, 0.3) is 33.1 Å². The summed E-state index contributed by atoms with van der Waals surface area (Å²) in [7, 11) is 0. The molecule has 0 N–H and O–H groups in total. The molecule has 0 unspecified atom stereocenters. The van der Waals surface area contributed by atoms with Crippen molar-refractivity contribution in [3.05, 3.63) is 48.3 Å². The molecule has 7 heteroatoms. The number of rotatable bonds is 9. The summed E-state index contributed by atoms with van der Waals surface area (Å²) in [6.45, 7) is 7.22. The first-order chi connectivity index (χ1) is 17.7. The van der Waals surface area contributed by atoms with Crippen LogP contribution in [0.15, 0.2) is 47.0 Å². The second-order valence-corrected chi connectivity index (χ2v) is 9.67. The van der Waals surface area contributed by atoms with Gasteiger partial charge >= 0.3 is 0 Å². The van der Waals surface area contributed by atoms with Crippen molar-refractivity contribution >= 4 is 33.6 Å². The molecule has 1 aliphatic heterocycles. The average molecular weight is 486 g/mol. The quantitative estimate of drug-likeness (QED) is 0.270. The van der Waals surface area contributed by atoms with Crippen molar-refractivity contribution < 1.29 is 9.32 Å². The number of fused-ring (bicyclic) bond motifs is 2. The molecule has 0 bridgehead atoms. The Labute approximate surface area is 212 Å². The minimum atomic E-state index is 0.265. The number of hydrogen-bond donors (Lipinski definition) is 0. The Bertz CT molecular complexity index is 1340. The summed E-state index contributed by atoms with van der Waals surface area (Å²) in [6, 6.07) is 14.7. The lowest BCUT2D eigenvalue weighted by Gasteiger charge is -2.35. The zero-order valence-electron chi connectivity index (χ0n) is 21.4. The fourth-order valence-electron chi connectivity index (χ4n) is 4.94. The van der Waals surface area contributed by atoms with Gasteiger partial charge in [-0.1, -0.05) is 74.7 Å². The highest BCUT2D eigenvalue weighted by molar-refractivity contribution is 6.00. The fourth-order valence-corrected chi connectivity index (χ4v) is 4.94. The van der Waals surface area contributed by atoms with Crippen LogP contribution in [0.4, 0.5) is 5.82 Å². The second kappa shape index (κ2) is 11.1. The molecule has 0 saturated carbocycles. The molecule has 0 aliphatic carbocycles. The molecule has 1 saturated heterocycles. The summed E-state index contributed by atoms with van der Waals surface area (Å²) in [6.07, 6.45) is 6.76. The van der Waals surface area contributed by atoms with Gasteiger partial charge in [0.15, 0.2) is 0 Å². The summed E-state index contributed by atoms with van der Waals surface area (Å²) < 4.78 is 5.79. The predicted molar refractivity (Wildman–Crippen MR) is 144 cm³/mol. The standard InChI is InChI=1S/C29H35N5O2/c1-3-5-7-13-25(35)33-16-18-34(19-17-33)28-26-27(23-15-14-21-10-8-9-11-22(21)20-23)32-36-29(26)31-24(30-28)12-6-4-2/h8-11,14-15,20H,3-7,12-13,16-19H2,1-2H3. The van der Waals surface area contributed by atoms with E-state index in [1.807, 2.05) is 17.0 Å². The number of nitrogens with zero attached hydrogens (tertiary/aromatic N) is 5. The van der Waals surface area contributed by atoms with E-state index in [1.165, 1.54) is 5.39 Å². The van der Waals surface area contributed by atoms with Crippen molar-refractivity contribution in [2.24, 2.45) is 0 Å². The van der Waals surface area contributed by atoms with Crippen LogP contribution >= 0.6 is 0 Å². The first-order valence-corrected chi connectivity index (χ1v) is 13.4. The Hall–Kier alpha value is -3.48. The third-order valence-electron chi connectivity index (χ3n) is 7.07. The van der Waals surface area contributed by atoms with E-state index in [4.69, 9.17) is 14.5 Å². The maximum atomic E-state index is 12.7. The minimum absolute atomic E-state index is 0.265. The van der Waals surface area contributed by atoms with Gasteiger partial charge in [-0.15, -0.1) is 0 Å². The van der Waals surface area contributed by atoms with Gasteiger partial charge in [0, 0.05) is 44.6 Å². The monoisotopic (exact) mass is 485 g/mol. The molecular formula is C29H35N5O2. The third-order valence-corrected chi connectivity index (χ3v) is 7.07. The van der Waals surface area contributed by atoms with Crippen LogP contribution in [0, 0.1) is 0 Å². The van der Waals surface area contributed by atoms with Crippen molar-refractivity contribution in [2.75, 3.05) is 31.1 Å². The van der Waals surface area contributed by atoms with Crippen molar-refractivity contribution in [1.29, 1.82) is 0 Å². The molecule has 4 aromatic rings. The molecule has 0 radical (unpaired) electrons. The molecule has 5 rings (SSSR count). The van der Waals surface area contributed by atoms with Crippen molar-refractivity contribution in [3.63, 3.8) is 0 Å². The van der Waals surface area contributed by atoms with E-state index in [1.54, 1.807) is 0 Å². The number of aryl methyl sites for hydroxylation is 1. The number of amides is 1. The fraction of sp³-hybridized carbons (Fsp3) is 0.448. The number of hydrogen-bond acceptors (Lipinski definition) is 6. The molecule has 1 fully saturated rings. The molecule has 1 aliphatic rings. The molecular weight excluding hydrogens is 450 g/mol. The van der Waals surface area contributed by atoms with Crippen LogP contribution in [-0.2, 0) is 11.2 Å². The van der Waals surface area contributed by atoms with Gasteiger partial charge in [-0.3, -0.25) is 4.79 Å². The molecule has 1 amide bonds. The minimum Gasteiger partial charge on any atom is -0.352 e. The SMILES string of the molecule is CCCCCC(=O)N1CCN(c2nc(CCCC)nc3onc(-c4ccc5ccccc5c4)c23)CC1. The van der Waals surface area contributed by atoms with Gasteiger partial charge in [0.05, 0.1) is 0 Å². The normalized spacial score (nSPS) is 14.2. The van der Waals surface area contributed by atoms with Gasteiger partial charge in [0.1, 0.15) is 22.7 Å². The molecule has 7 nitrogen and oxygen atoms in total. The molecule has 2 aromatic carbocycles. The topological polar surface area (TPSA) is 75.4 Å². The number of carbonyl (C=O) groups excluding carboxylic acids is 1. The van der Waals surface area contributed by atoms with Crippen LogP contribution in [0.3, 0.4) is 0 Å². The van der Waals surface area contributed by atoms with Crippen LogP contribution < -0.4 is 4.90 Å². The number of piperazine rings is 1. The van der Waals surface area contributed by atoms with Gasteiger partial charge in [0.2, 0.25) is 5.91 Å². The molecule has 188 valence electrons. The van der Waals surface area contributed by atoms with Crippen LogP contribution in [0.1, 0.15) is 58.2 Å². The van der Waals surface area contributed by atoms with Gasteiger partial charge in [0.25, 0.3) is 5.71 Å². The highest BCUT2D eigenvalue weighted by Crippen LogP contribution is 2.35. The molecule has 0 spiro atoms. The highest BCUT2D eigenvalue weighted by atomic mass is 16.5. The van der Waals surface area contributed by atoms with E-state index in [2.05, 4.69) is 54.2 Å². The zero-order valence-corrected chi connectivity index (χ0v) is 21.4. The first-order valence-electron chi connectivity index (χ1n) is 13.4. The van der Waals surface area contributed by atoms with Gasteiger partial charge in [-0.25, -0.2) is 4.98 Å². The first kappa shape index (κ1) is 24.2. The molecule has 2 aromatic heterocycles. The maximum Gasteiger partial charge on any atom is 0.263 e. The van der Waals surface area contributed by atoms with E-state index < -0.39 is 0 Å². The Morgan fingerprint density at radius 1 is 0.917 bits per heavy atom. The lowest BCUT2D eigenvalue weighted by molar-refractivity contribution is -0.131. The number of aromatic nitrogens is 3. The molecule has 36 heavy (non-hydrogen) atoms. The molecule has 3 heterocycles. The number of benzene rings is 2. The number of unbranched alkanes of at least 4 members (excludes halogenated alkanes) is 3. The summed E-state index contributed by atoms with van der Waals surface area (Å²) >= 11 is 0. The predicted octanol–water partition coefficient (Wildman–Crippen LogP) is 6.01. The lowest BCUT2D eigenvalue weighted by atomic mass is 10.0. The summed E-state index contributed by atoms with van der Waals surface area (Å²) in [5, 5.41) is 7.66. The highest BCUT2D eigenvalue weighted by Gasteiger charge is 2.27. The Morgan fingerprint density at radius 3 is 2.47 bits per heavy atom. The summed E-state index contributed by atoms with van der Waals surface area (Å²) in [5.41, 5.74) is 2.29. The molecule has 0 atom stereocenters. The third kappa shape index (κ3) is 5.06. The number of anilines is 1. The number of carbonyl (C=O) groups is 1. The Kier molecular flexibility index (Phi) is 7.44. The summed E-state index contributed by atoms with van der Waals surface area (Å²) in [5.74, 6) is 1.92. The smallest absolute Gasteiger partial charge is 0.263 e. The van der Waals surface area contributed by atoms with Crippen LogP contribution in [-0.4, -0.2) is 52.1 Å². The van der Waals surface area contributed by atoms with E-state index in [0.29, 0.717) is 25.2 Å². The van der Waals surface area contributed by atoms with E-state index >= 15 is 0 Å². The van der Waals surface area contributed by atoms with Gasteiger partial charge in [-0.2, -0.15) is 4.98 Å². The van der Waals surface area contributed by atoms with Crippen LogP contribution in [0.5, 0.6) is 0 Å². The van der Waals surface area contributed by atoms with E-state index in [0.717, 1.165) is 85.3 Å². The zero-order chi connectivity index (χ0) is 24.9.